The number of aromatic nitrogens is 2. The van der Waals surface area contributed by atoms with Crippen molar-refractivity contribution in [2.75, 3.05) is 4.90 Å². The van der Waals surface area contributed by atoms with Crippen LogP contribution in [0.25, 0.3) is 76.7 Å². The van der Waals surface area contributed by atoms with Gasteiger partial charge in [0.2, 0.25) is 5.95 Å². The summed E-state index contributed by atoms with van der Waals surface area (Å²) in [5, 5.41) is 9.87. The summed E-state index contributed by atoms with van der Waals surface area (Å²) in [6.45, 7) is 11.5. The van der Waals surface area contributed by atoms with Crippen molar-refractivity contribution in [1.29, 1.82) is 0 Å². The minimum Gasteiger partial charge on any atom is -0.278 e. The molecule has 0 radical (unpaired) electrons. The third kappa shape index (κ3) is 5.27. The molecule has 1 aliphatic heterocycles. The predicted octanol–water partition coefficient (Wildman–Crippen LogP) is 15.4. The topological polar surface area (TPSA) is 29.0 Å². The largest absolute Gasteiger partial charge is 0.278 e. The zero-order valence-electron chi connectivity index (χ0n) is 35.1. The lowest BCUT2D eigenvalue weighted by atomic mass is 9.71. The van der Waals surface area contributed by atoms with E-state index in [0.29, 0.717) is 17.3 Å². The summed E-state index contributed by atoms with van der Waals surface area (Å²) in [5.41, 5.74) is 12.6. The Bertz CT molecular complexity index is 3490. The van der Waals surface area contributed by atoms with Gasteiger partial charge in [-0.2, -0.15) is 0 Å². The summed E-state index contributed by atoms with van der Waals surface area (Å²) in [7, 11) is 0. The number of halogens is 2. The van der Waals surface area contributed by atoms with E-state index >= 15 is 0 Å². The molecule has 3 nitrogen and oxygen atoms in total. The van der Waals surface area contributed by atoms with Crippen molar-refractivity contribution >= 4 is 60.4 Å². The molecule has 0 fully saturated rings. The first kappa shape index (κ1) is 36.6. The molecule has 10 aromatic rings. The zero-order chi connectivity index (χ0) is 42.2. The SMILES string of the molecule is Cc1ccc2c(c1)c1ccccc1c1cc3c(cc21)C(C)(C)c1cc2c(cc1-3)C(C)(C)c1cc3ccccc3cc1N2c1nc(-c2ccc(F)cc2)cc(-c2ccc(F)cc2)n1. The molecule has 1 aliphatic carbocycles. The standard InChI is InChI=1S/C57H41F2N3/c1-32-14-23-41-42(24-32)39-12-8-9-13-40(39)43-27-45-46-29-50-54(30-48(46)56(2,3)47(45)28-44(41)43)62(53-26-36-11-7-6-10-35(36)25-49(53)57(50,4)5)55-60-51(33-15-19-37(58)20-16-33)31-52(61-55)34-17-21-38(59)22-18-34/h6-31H,1-5H3. The van der Waals surface area contributed by atoms with Crippen molar-refractivity contribution in [3.63, 3.8) is 0 Å². The fourth-order valence-corrected chi connectivity index (χ4v) is 10.5. The molecule has 298 valence electrons. The highest BCUT2D eigenvalue weighted by Crippen LogP contribution is 2.58. The van der Waals surface area contributed by atoms with Gasteiger partial charge in [-0.1, -0.05) is 100.0 Å². The molecule has 5 heteroatoms. The smallest absolute Gasteiger partial charge is 0.235 e. The lowest BCUT2D eigenvalue weighted by molar-refractivity contribution is 0.627. The average molecular weight is 806 g/mol. The third-order valence-corrected chi connectivity index (χ3v) is 13.8. The Morgan fingerprint density at radius 1 is 0.419 bits per heavy atom. The van der Waals surface area contributed by atoms with Crippen molar-refractivity contribution in [3.8, 4) is 33.6 Å². The molecule has 0 unspecified atom stereocenters. The third-order valence-electron chi connectivity index (χ3n) is 13.8. The maximum atomic E-state index is 14.3. The van der Waals surface area contributed by atoms with E-state index in [9.17, 15) is 8.78 Å². The fourth-order valence-electron chi connectivity index (χ4n) is 10.5. The lowest BCUT2D eigenvalue weighted by Crippen LogP contribution is -2.32. The Labute approximate surface area is 359 Å². The highest BCUT2D eigenvalue weighted by molar-refractivity contribution is 6.26. The summed E-state index contributed by atoms with van der Waals surface area (Å²) >= 11 is 0. The monoisotopic (exact) mass is 805 g/mol. The van der Waals surface area contributed by atoms with Crippen molar-refractivity contribution in [1.82, 2.24) is 9.97 Å². The van der Waals surface area contributed by atoms with Crippen molar-refractivity contribution < 1.29 is 8.78 Å². The van der Waals surface area contributed by atoms with Gasteiger partial charge in [-0.3, -0.25) is 4.90 Å². The van der Waals surface area contributed by atoms with E-state index in [1.165, 1.54) is 90.0 Å². The van der Waals surface area contributed by atoms with Gasteiger partial charge in [0.1, 0.15) is 11.6 Å². The van der Waals surface area contributed by atoms with E-state index in [2.05, 4.69) is 143 Å². The normalized spacial score (nSPS) is 14.6. The van der Waals surface area contributed by atoms with Crippen LogP contribution in [-0.2, 0) is 10.8 Å². The molecule has 0 bridgehead atoms. The van der Waals surface area contributed by atoms with E-state index in [1.807, 2.05) is 6.07 Å². The fraction of sp³-hybridized carbons (Fsp3) is 0.123. The Hall–Kier alpha value is -7.24. The summed E-state index contributed by atoms with van der Waals surface area (Å²) in [6, 6.07) is 53.2. The number of hydrogen-bond donors (Lipinski definition) is 0. The number of aryl methyl sites for hydroxylation is 1. The highest BCUT2D eigenvalue weighted by atomic mass is 19.1. The minimum atomic E-state index is -0.418. The quantitative estimate of drug-likeness (QED) is 0.167. The van der Waals surface area contributed by atoms with Crippen LogP contribution in [0.15, 0.2) is 158 Å². The van der Waals surface area contributed by atoms with Gasteiger partial charge in [-0.25, -0.2) is 18.7 Å². The number of benzene rings is 9. The first-order valence-corrected chi connectivity index (χ1v) is 21.3. The van der Waals surface area contributed by atoms with Crippen LogP contribution in [0.3, 0.4) is 0 Å². The summed E-state index contributed by atoms with van der Waals surface area (Å²) in [5.74, 6) is -0.167. The molecular formula is C57H41F2N3. The van der Waals surface area contributed by atoms with Crippen molar-refractivity contribution in [2.45, 2.75) is 45.4 Å². The Morgan fingerprint density at radius 2 is 0.903 bits per heavy atom. The van der Waals surface area contributed by atoms with Gasteiger partial charge in [0, 0.05) is 22.0 Å². The van der Waals surface area contributed by atoms with E-state index < -0.39 is 5.41 Å². The molecule has 62 heavy (non-hydrogen) atoms. The lowest BCUT2D eigenvalue weighted by Gasteiger charge is -2.42. The van der Waals surface area contributed by atoms with Gasteiger partial charge in [0.05, 0.1) is 22.8 Å². The van der Waals surface area contributed by atoms with Crippen LogP contribution in [0.5, 0.6) is 0 Å². The van der Waals surface area contributed by atoms with Gasteiger partial charge in [-0.15, -0.1) is 0 Å². The summed E-state index contributed by atoms with van der Waals surface area (Å²) < 4.78 is 28.6. The van der Waals surface area contributed by atoms with Crippen LogP contribution >= 0.6 is 0 Å². The van der Waals surface area contributed by atoms with Crippen molar-refractivity contribution in [3.05, 3.63) is 197 Å². The van der Waals surface area contributed by atoms with E-state index in [0.717, 1.165) is 38.8 Å². The van der Waals surface area contributed by atoms with Crippen LogP contribution in [-0.4, -0.2) is 9.97 Å². The first-order valence-electron chi connectivity index (χ1n) is 21.3. The van der Waals surface area contributed by atoms with Crippen molar-refractivity contribution in [2.24, 2.45) is 0 Å². The van der Waals surface area contributed by atoms with Gasteiger partial charge in [0.15, 0.2) is 0 Å². The predicted molar refractivity (Wildman–Crippen MR) is 252 cm³/mol. The molecule has 0 N–H and O–H groups in total. The average Bonchev–Trinajstić information content (AvgIpc) is 3.49. The van der Waals surface area contributed by atoms with E-state index in [1.54, 1.807) is 24.3 Å². The van der Waals surface area contributed by atoms with Crippen LogP contribution in [0, 0.1) is 18.6 Å². The number of nitrogens with zero attached hydrogens (tertiary/aromatic N) is 3. The van der Waals surface area contributed by atoms with Gasteiger partial charge in [-0.05, 0) is 174 Å². The Kier molecular flexibility index (Phi) is 7.61. The van der Waals surface area contributed by atoms with Crippen LogP contribution in [0.4, 0.5) is 26.1 Å². The number of hydrogen-bond acceptors (Lipinski definition) is 3. The maximum absolute atomic E-state index is 14.3. The zero-order valence-corrected chi connectivity index (χ0v) is 35.1. The molecule has 0 saturated carbocycles. The molecule has 0 atom stereocenters. The molecule has 0 saturated heterocycles. The van der Waals surface area contributed by atoms with Gasteiger partial charge in [0.25, 0.3) is 0 Å². The molecule has 2 aliphatic rings. The Balaban J connectivity index is 1.15. The maximum Gasteiger partial charge on any atom is 0.235 e. The molecule has 12 rings (SSSR count). The van der Waals surface area contributed by atoms with Gasteiger partial charge < -0.3 is 0 Å². The number of fused-ring (bicyclic) bond motifs is 12. The molecule has 9 aromatic carbocycles. The summed E-state index contributed by atoms with van der Waals surface area (Å²) in [6.07, 6.45) is 0. The highest BCUT2D eigenvalue weighted by Gasteiger charge is 2.43. The molecule has 2 heterocycles. The minimum absolute atomic E-state index is 0.323. The number of rotatable bonds is 3. The Morgan fingerprint density at radius 3 is 1.55 bits per heavy atom. The second-order valence-electron chi connectivity index (χ2n) is 18.2. The second-order valence-corrected chi connectivity index (χ2v) is 18.2. The second kappa shape index (κ2) is 12.9. The van der Waals surface area contributed by atoms with E-state index in [-0.39, 0.29) is 17.0 Å². The van der Waals surface area contributed by atoms with Crippen LogP contribution in [0.1, 0.15) is 55.5 Å². The van der Waals surface area contributed by atoms with Crippen LogP contribution in [0.2, 0.25) is 0 Å². The number of anilines is 3. The molecule has 1 aromatic heterocycles. The molecule has 0 spiro atoms. The first-order chi connectivity index (χ1) is 29.9. The molecule has 0 amide bonds. The van der Waals surface area contributed by atoms with E-state index in [4.69, 9.17) is 9.97 Å². The summed E-state index contributed by atoms with van der Waals surface area (Å²) in [4.78, 5) is 12.9. The van der Waals surface area contributed by atoms with Gasteiger partial charge >= 0.3 is 0 Å². The van der Waals surface area contributed by atoms with Crippen LogP contribution < -0.4 is 4.90 Å². The molecular weight excluding hydrogens is 765 g/mol.